The van der Waals surface area contributed by atoms with Crippen LogP contribution in [0.4, 0.5) is 10.1 Å². The minimum atomic E-state index is -0.246. The molecular weight excluding hydrogens is 239 g/mol. The van der Waals surface area contributed by atoms with Crippen LogP contribution in [0, 0.1) is 24.1 Å². The molecule has 0 heterocycles. The SMILES string of the molecule is Cc1ccc(C#N)c(NC(C)c2ccc(F)cc2)c1. The lowest BCUT2D eigenvalue weighted by atomic mass is 10.1. The third kappa shape index (κ3) is 3.11. The summed E-state index contributed by atoms with van der Waals surface area (Å²) in [6.45, 7) is 3.96. The predicted molar refractivity (Wildman–Crippen MR) is 74.3 cm³/mol. The van der Waals surface area contributed by atoms with Gasteiger partial charge in [-0.2, -0.15) is 5.26 Å². The van der Waals surface area contributed by atoms with E-state index in [1.54, 1.807) is 18.2 Å². The minimum absolute atomic E-state index is 0.00880. The maximum atomic E-state index is 12.9. The van der Waals surface area contributed by atoms with Gasteiger partial charge in [-0.1, -0.05) is 18.2 Å². The molecule has 2 aromatic carbocycles. The van der Waals surface area contributed by atoms with E-state index in [9.17, 15) is 4.39 Å². The third-order valence-corrected chi connectivity index (χ3v) is 3.04. The lowest BCUT2D eigenvalue weighted by Gasteiger charge is -2.17. The summed E-state index contributed by atoms with van der Waals surface area (Å²) in [7, 11) is 0. The van der Waals surface area contributed by atoms with Gasteiger partial charge >= 0.3 is 0 Å². The zero-order chi connectivity index (χ0) is 13.8. The number of nitriles is 1. The molecular formula is C16H15FN2. The summed E-state index contributed by atoms with van der Waals surface area (Å²) in [5.74, 6) is -0.246. The van der Waals surface area contributed by atoms with Crippen LogP contribution < -0.4 is 5.32 Å². The molecule has 0 aliphatic carbocycles. The van der Waals surface area contributed by atoms with Crippen molar-refractivity contribution < 1.29 is 4.39 Å². The monoisotopic (exact) mass is 254 g/mol. The molecule has 3 heteroatoms. The van der Waals surface area contributed by atoms with Crippen LogP contribution in [0.5, 0.6) is 0 Å². The number of aryl methyl sites for hydroxylation is 1. The van der Waals surface area contributed by atoms with Gasteiger partial charge in [-0.25, -0.2) is 4.39 Å². The molecule has 2 rings (SSSR count). The van der Waals surface area contributed by atoms with Gasteiger partial charge in [-0.3, -0.25) is 0 Å². The molecule has 0 saturated carbocycles. The van der Waals surface area contributed by atoms with Crippen molar-refractivity contribution >= 4 is 5.69 Å². The number of hydrogen-bond donors (Lipinski definition) is 1. The number of benzene rings is 2. The summed E-state index contributed by atoms with van der Waals surface area (Å²) < 4.78 is 12.9. The Labute approximate surface area is 112 Å². The van der Waals surface area contributed by atoms with E-state index in [2.05, 4.69) is 11.4 Å². The van der Waals surface area contributed by atoms with Crippen LogP contribution in [-0.4, -0.2) is 0 Å². The number of rotatable bonds is 3. The molecule has 0 bridgehead atoms. The minimum Gasteiger partial charge on any atom is -0.377 e. The Morgan fingerprint density at radius 1 is 1.16 bits per heavy atom. The average Bonchev–Trinajstić information content (AvgIpc) is 2.39. The first-order valence-electron chi connectivity index (χ1n) is 6.13. The zero-order valence-corrected chi connectivity index (χ0v) is 10.9. The van der Waals surface area contributed by atoms with Gasteiger partial charge in [-0.15, -0.1) is 0 Å². The maximum absolute atomic E-state index is 12.9. The van der Waals surface area contributed by atoms with Crippen molar-refractivity contribution in [3.8, 4) is 6.07 Å². The van der Waals surface area contributed by atoms with Gasteiger partial charge in [0.1, 0.15) is 11.9 Å². The molecule has 19 heavy (non-hydrogen) atoms. The molecule has 2 nitrogen and oxygen atoms in total. The second-order valence-corrected chi connectivity index (χ2v) is 4.58. The Morgan fingerprint density at radius 2 is 1.84 bits per heavy atom. The van der Waals surface area contributed by atoms with E-state index in [1.165, 1.54) is 12.1 Å². The Morgan fingerprint density at radius 3 is 2.47 bits per heavy atom. The average molecular weight is 254 g/mol. The lowest BCUT2D eigenvalue weighted by molar-refractivity contribution is 0.626. The van der Waals surface area contributed by atoms with Crippen LogP contribution in [0.25, 0.3) is 0 Å². The van der Waals surface area contributed by atoms with Crippen molar-refractivity contribution in [3.05, 3.63) is 65.0 Å². The number of anilines is 1. The second-order valence-electron chi connectivity index (χ2n) is 4.58. The second kappa shape index (κ2) is 5.53. The van der Waals surface area contributed by atoms with Gasteiger partial charge in [-0.05, 0) is 49.2 Å². The van der Waals surface area contributed by atoms with Crippen molar-refractivity contribution in [2.24, 2.45) is 0 Å². The van der Waals surface area contributed by atoms with Crippen LogP contribution in [0.1, 0.15) is 29.7 Å². The Hall–Kier alpha value is -2.34. The van der Waals surface area contributed by atoms with Gasteiger partial charge in [0, 0.05) is 6.04 Å². The first kappa shape index (κ1) is 13.1. The molecule has 96 valence electrons. The fourth-order valence-corrected chi connectivity index (χ4v) is 1.94. The van der Waals surface area contributed by atoms with Gasteiger partial charge in [0.25, 0.3) is 0 Å². The van der Waals surface area contributed by atoms with Crippen molar-refractivity contribution in [1.29, 1.82) is 5.26 Å². The highest BCUT2D eigenvalue weighted by molar-refractivity contribution is 5.59. The van der Waals surface area contributed by atoms with E-state index < -0.39 is 0 Å². The van der Waals surface area contributed by atoms with Crippen molar-refractivity contribution in [3.63, 3.8) is 0 Å². The van der Waals surface area contributed by atoms with Gasteiger partial charge in [0.05, 0.1) is 11.3 Å². The Kier molecular flexibility index (Phi) is 3.82. The molecule has 0 radical (unpaired) electrons. The number of halogens is 1. The van der Waals surface area contributed by atoms with Crippen LogP contribution in [0.3, 0.4) is 0 Å². The molecule has 0 saturated heterocycles. The molecule has 0 spiro atoms. The van der Waals surface area contributed by atoms with E-state index in [4.69, 9.17) is 5.26 Å². The number of nitrogens with one attached hydrogen (secondary N) is 1. The first-order valence-corrected chi connectivity index (χ1v) is 6.13. The summed E-state index contributed by atoms with van der Waals surface area (Å²) in [6.07, 6.45) is 0. The molecule has 0 amide bonds. The maximum Gasteiger partial charge on any atom is 0.123 e. The van der Waals surface area contributed by atoms with Crippen molar-refractivity contribution in [2.75, 3.05) is 5.32 Å². The molecule has 1 atom stereocenters. The Bertz CT molecular complexity index is 612. The quantitative estimate of drug-likeness (QED) is 0.891. The van der Waals surface area contributed by atoms with Crippen LogP contribution in [0.15, 0.2) is 42.5 Å². The van der Waals surface area contributed by atoms with Gasteiger partial charge < -0.3 is 5.32 Å². The van der Waals surface area contributed by atoms with Crippen LogP contribution in [0.2, 0.25) is 0 Å². The fourth-order valence-electron chi connectivity index (χ4n) is 1.94. The van der Waals surface area contributed by atoms with Crippen molar-refractivity contribution in [2.45, 2.75) is 19.9 Å². The standard InChI is InChI=1S/C16H15FN2/c1-11-3-4-14(10-18)16(9-11)19-12(2)13-5-7-15(17)8-6-13/h3-9,12,19H,1-2H3. The first-order chi connectivity index (χ1) is 9.10. The van der Waals surface area contributed by atoms with E-state index in [-0.39, 0.29) is 11.9 Å². The summed E-state index contributed by atoms with van der Waals surface area (Å²) >= 11 is 0. The van der Waals surface area contributed by atoms with E-state index in [1.807, 2.05) is 26.0 Å². The number of hydrogen-bond acceptors (Lipinski definition) is 2. The third-order valence-electron chi connectivity index (χ3n) is 3.04. The van der Waals surface area contributed by atoms with Gasteiger partial charge in [0.2, 0.25) is 0 Å². The van der Waals surface area contributed by atoms with Gasteiger partial charge in [0.15, 0.2) is 0 Å². The summed E-state index contributed by atoms with van der Waals surface area (Å²) in [6, 6.07) is 14.2. The van der Waals surface area contributed by atoms with E-state index >= 15 is 0 Å². The van der Waals surface area contributed by atoms with Crippen LogP contribution in [-0.2, 0) is 0 Å². The lowest BCUT2D eigenvalue weighted by Crippen LogP contribution is -2.08. The highest BCUT2D eigenvalue weighted by atomic mass is 19.1. The number of nitrogens with zero attached hydrogens (tertiary/aromatic N) is 1. The topological polar surface area (TPSA) is 35.8 Å². The summed E-state index contributed by atoms with van der Waals surface area (Å²) in [4.78, 5) is 0. The molecule has 0 aliphatic heterocycles. The molecule has 1 N–H and O–H groups in total. The fraction of sp³-hybridized carbons (Fsp3) is 0.188. The summed E-state index contributed by atoms with van der Waals surface area (Å²) in [5.41, 5.74) is 3.48. The molecule has 1 unspecified atom stereocenters. The largest absolute Gasteiger partial charge is 0.377 e. The van der Waals surface area contributed by atoms with E-state index in [0.29, 0.717) is 5.56 Å². The smallest absolute Gasteiger partial charge is 0.123 e. The van der Waals surface area contributed by atoms with Crippen LogP contribution >= 0.6 is 0 Å². The van der Waals surface area contributed by atoms with Crippen molar-refractivity contribution in [1.82, 2.24) is 0 Å². The molecule has 0 aromatic heterocycles. The molecule has 0 aliphatic rings. The molecule has 0 fully saturated rings. The van der Waals surface area contributed by atoms with E-state index in [0.717, 1.165) is 16.8 Å². The normalized spacial score (nSPS) is 11.7. The highest BCUT2D eigenvalue weighted by Gasteiger charge is 2.08. The molecule has 2 aromatic rings. The summed E-state index contributed by atoms with van der Waals surface area (Å²) in [5, 5.41) is 12.4. The Balaban J connectivity index is 2.23. The predicted octanol–water partition coefficient (Wildman–Crippen LogP) is 4.18. The highest BCUT2D eigenvalue weighted by Crippen LogP contribution is 2.23. The zero-order valence-electron chi connectivity index (χ0n) is 10.9.